The molecule has 0 aromatic heterocycles. The van der Waals surface area contributed by atoms with Crippen LogP contribution in [0.3, 0.4) is 0 Å². The fraction of sp³-hybridized carbons (Fsp3) is 0.600. The first kappa shape index (κ1) is 18.3. The van der Waals surface area contributed by atoms with E-state index in [9.17, 15) is 8.42 Å². The molecular formula is C15H26N2O2S2. The van der Waals surface area contributed by atoms with Crippen LogP contribution in [0.25, 0.3) is 0 Å². The molecule has 21 heavy (non-hydrogen) atoms. The Labute approximate surface area is 133 Å². The summed E-state index contributed by atoms with van der Waals surface area (Å²) in [5.41, 5.74) is 0.969. The molecule has 0 atom stereocenters. The Morgan fingerprint density at radius 2 is 1.67 bits per heavy atom. The Morgan fingerprint density at radius 1 is 1.05 bits per heavy atom. The van der Waals surface area contributed by atoms with Crippen molar-refractivity contribution in [1.82, 2.24) is 4.31 Å². The molecule has 0 aliphatic rings. The highest BCUT2D eigenvalue weighted by atomic mass is 32.2. The Hall–Kier alpha value is -0.720. The average molecular weight is 331 g/mol. The first-order valence-electron chi connectivity index (χ1n) is 7.24. The van der Waals surface area contributed by atoms with Crippen molar-refractivity contribution in [3.05, 3.63) is 24.3 Å². The Balaban J connectivity index is 2.35. The summed E-state index contributed by atoms with van der Waals surface area (Å²) in [7, 11) is -0.248. The van der Waals surface area contributed by atoms with Crippen molar-refractivity contribution in [3.63, 3.8) is 0 Å². The summed E-state index contributed by atoms with van der Waals surface area (Å²) in [6.07, 6.45) is 7.09. The van der Waals surface area contributed by atoms with Gasteiger partial charge in [0.2, 0.25) is 10.0 Å². The van der Waals surface area contributed by atoms with E-state index >= 15 is 0 Å². The minimum atomic E-state index is -3.33. The van der Waals surface area contributed by atoms with Gasteiger partial charge in [-0.2, -0.15) is 11.8 Å². The van der Waals surface area contributed by atoms with Crippen LogP contribution in [0.5, 0.6) is 0 Å². The summed E-state index contributed by atoms with van der Waals surface area (Å²) in [5.74, 6) is 1.25. The molecule has 0 aliphatic heterocycles. The van der Waals surface area contributed by atoms with Crippen LogP contribution >= 0.6 is 11.8 Å². The van der Waals surface area contributed by atoms with E-state index in [1.807, 2.05) is 23.9 Å². The van der Waals surface area contributed by atoms with Crippen LogP contribution in [-0.2, 0) is 10.0 Å². The van der Waals surface area contributed by atoms with Crippen molar-refractivity contribution in [3.8, 4) is 0 Å². The average Bonchev–Trinajstić information content (AvgIpc) is 2.46. The Morgan fingerprint density at radius 3 is 2.24 bits per heavy atom. The summed E-state index contributed by atoms with van der Waals surface area (Å²) in [4.78, 5) is 0.329. The quantitative estimate of drug-likeness (QED) is 0.669. The number of rotatable bonds is 10. The topological polar surface area (TPSA) is 49.4 Å². The lowest BCUT2D eigenvalue weighted by Crippen LogP contribution is -2.22. The number of nitrogens with zero attached hydrogens (tertiary/aromatic N) is 1. The lowest BCUT2D eigenvalue weighted by atomic mass is 10.2. The van der Waals surface area contributed by atoms with Crippen molar-refractivity contribution in [2.24, 2.45) is 0 Å². The molecule has 0 aliphatic carbocycles. The maximum absolute atomic E-state index is 11.9. The van der Waals surface area contributed by atoms with Gasteiger partial charge < -0.3 is 5.32 Å². The van der Waals surface area contributed by atoms with E-state index in [4.69, 9.17) is 0 Å². The highest BCUT2D eigenvalue weighted by molar-refractivity contribution is 7.98. The molecule has 0 fully saturated rings. The minimum Gasteiger partial charge on any atom is -0.385 e. The van der Waals surface area contributed by atoms with Crippen LogP contribution in [0, 0.1) is 0 Å². The first-order chi connectivity index (χ1) is 9.98. The van der Waals surface area contributed by atoms with Crippen molar-refractivity contribution in [2.75, 3.05) is 38.0 Å². The monoisotopic (exact) mass is 330 g/mol. The number of unbranched alkanes of at least 4 members (excludes halogenated alkanes) is 3. The second-order valence-corrected chi connectivity index (χ2v) is 8.28. The number of anilines is 1. The third-order valence-electron chi connectivity index (χ3n) is 3.24. The number of hydrogen-bond acceptors (Lipinski definition) is 4. The zero-order valence-corrected chi connectivity index (χ0v) is 14.8. The molecule has 0 amide bonds. The van der Waals surface area contributed by atoms with Crippen molar-refractivity contribution in [1.29, 1.82) is 0 Å². The number of sulfonamides is 1. The van der Waals surface area contributed by atoms with E-state index in [1.54, 1.807) is 26.2 Å². The first-order valence-corrected chi connectivity index (χ1v) is 10.1. The molecule has 1 N–H and O–H groups in total. The summed E-state index contributed by atoms with van der Waals surface area (Å²) in [5, 5.41) is 3.33. The molecule has 0 saturated carbocycles. The SMILES string of the molecule is CSCCCCCCNc1ccc(S(=O)(=O)N(C)C)cc1. The maximum Gasteiger partial charge on any atom is 0.242 e. The molecule has 1 aromatic carbocycles. The van der Waals surface area contributed by atoms with Crippen LogP contribution in [-0.4, -0.2) is 45.4 Å². The number of benzene rings is 1. The number of nitrogens with one attached hydrogen (secondary N) is 1. The third-order valence-corrected chi connectivity index (χ3v) is 5.76. The summed E-state index contributed by atoms with van der Waals surface area (Å²) >= 11 is 1.90. The maximum atomic E-state index is 11.9. The summed E-state index contributed by atoms with van der Waals surface area (Å²) in [6, 6.07) is 6.94. The molecule has 0 radical (unpaired) electrons. The molecule has 6 heteroatoms. The molecule has 4 nitrogen and oxygen atoms in total. The van der Waals surface area contributed by atoms with Crippen LogP contribution in [0.1, 0.15) is 25.7 Å². The Kier molecular flexibility index (Phi) is 8.14. The van der Waals surface area contributed by atoms with E-state index in [-0.39, 0.29) is 0 Å². The highest BCUT2D eigenvalue weighted by Crippen LogP contribution is 2.16. The third kappa shape index (κ3) is 6.28. The standard InChI is InChI=1S/C15H26N2O2S2/c1-17(2)21(18,19)15-10-8-14(9-11-15)16-12-6-4-5-7-13-20-3/h8-11,16H,4-7,12-13H2,1-3H3. The van der Waals surface area contributed by atoms with Gasteiger partial charge in [0.15, 0.2) is 0 Å². The second-order valence-electron chi connectivity index (χ2n) is 5.15. The fourth-order valence-corrected chi connectivity index (χ4v) is 3.31. The van der Waals surface area contributed by atoms with Crippen LogP contribution in [0.2, 0.25) is 0 Å². The molecule has 0 unspecified atom stereocenters. The van der Waals surface area contributed by atoms with Gasteiger partial charge in [0.05, 0.1) is 4.90 Å². The predicted molar refractivity (Wildman–Crippen MR) is 92.7 cm³/mol. The summed E-state index contributed by atoms with van der Waals surface area (Å²) in [6.45, 7) is 0.930. The second kappa shape index (κ2) is 9.33. The van der Waals surface area contributed by atoms with Crippen molar-refractivity contribution in [2.45, 2.75) is 30.6 Å². The molecule has 1 aromatic rings. The number of hydrogen-bond donors (Lipinski definition) is 1. The van der Waals surface area contributed by atoms with Gasteiger partial charge in [-0.1, -0.05) is 12.8 Å². The van der Waals surface area contributed by atoms with Gasteiger partial charge in [0, 0.05) is 26.3 Å². The number of thioether (sulfide) groups is 1. The van der Waals surface area contributed by atoms with Gasteiger partial charge >= 0.3 is 0 Å². The highest BCUT2D eigenvalue weighted by Gasteiger charge is 2.16. The van der Waals surface area contributed by atoms with E-state index in [2.05, 4.69) is 11.6 Å². The van der Waals surface area contributed by atoms with Gasteiger partial charge in [-0.05, 0) is 49.1 Å². The summed E-state index contributed by atoms with van der Waals surface area (Å²) < 4.78 is 25.1. The molecule has 120 valence electrons. The van der Waals surface area contributed by atoms with Gasteiger partial charge in [0.25, 0.3) is 0 Å². The van der Waals surface area contributed by atoms with Crippen molar-refractivity contribution >= 4 is 27.5 Å². The van der Waals surface area contributed by atoms with Crippen molar-refractivity contribution < 1.29 is 8.42 Å². The van der Waals surface area contributed by atoms with Crippen LogP contribution < -0.4 is 5.32 Å². The van der Waals surface area contributed by atoms with Crippen LogP contribution in [0.15, 0.2) is 29.2 Å². The zero-order chi connectivity index (χ0) is 15.7. The van der Waals surface area contributed by atoms with Gasteiger partial charge in [-0.15, -0.1) is 0 Å². The molecule has 0 heterocycles. The lowest BCUT2D eigenvalue weighted by molar-refractivity contribution is 0.521. The molecule has 0 spiro atoms. The van der Waals surface area contributed by atoms with E-state index < -0.39 is 10.0 Å². The molecule has 0 saturated heterocycles. The zero-order valence-electron chi connectivity index (χ0n) is 13.1. The fourth-order valence-electron chi connectivity index (χ4n) is 1.91. The van der Waals surface area contributed by atoms with Gasteiger partial charge in [0.1, 0.15) is 0 Å². The minimum absolute atomic E-state index is 0.329. The van der Waals surface area contributed by atoms with E-state index in [1.165, 1.54) is 29.3 Å². The van der Waals surface area contributed by atoms with E-state index in [0.29, 0.717) is 4.90 Å². The Bertz CT molecular complexity index is 499. The van der Waals surface area contributed by atoms with E-state index in [0.717, 1.165) is 18.7 Å². The van der Waals surface area contributed by atoms with Gasteiger partial charge in [-0.25, -0.2) is 12.7 Å². The largest absolute Gasteiger partial charge is 0.385 e. The molecule has 1 rings (SSSR count). The molecular weight excluding hydrogens is 304 g/mol. The predicted octanol–water partition coefficient (Wildman–Crippen LogP) is 3.27. The lowest BCUT2D eigenvalue weighted by Gasteiger charge is -2.12. The smallest absolute Gasteiger partial charge is 0.242 e. The van der Waals surface area contributed by atoms with Gasteiger partial charge in [-0.3, -0.25) is 0 Å². The normalized spacial score (nSPS) is 11.8. The van der Waals surface area contributed by atoms with Crippen LogP contribution in [0.4, 0.5) is 5.69 Å². The molecule has 0 bridgehead atoms.